The van der Waals surface area contributed by atoms with Gasteiger partial charge in [-0.15, -0.1) is 0 Å². The van der Waals surface area contributed by atoms with Gasteiger partial charge in [-0.25, -0.2) is 8.42 Å². The monoisotopic (exact) mass is 313 g/mol. The Bertz CT molecular complexity index is 580. The zero-order chi connectivity index (χ0) is 15.6. The fourth-order valence-corrected chi connectivity index (χ4v) is 5.29. The van der Waals surface area contributed by atoms with Crippen molar-refractivity contribution in [3.05, 3.63) is 18.0 Å². The van der Waals surface area contributed by atoms with Crippen LogP contribution in [0.15, 0.2) is 17.2 Å². The predicted molar refractivity (Wildman–Crippen MR) is 84.4 cm³/mol. The van der Waals surface area contributed by atoms with Crippen LogP contribution in [0.2, 0.25) is 0 Å². The van der Waals surface area contributed by atoms with Crippen LogP contribution in [0, 0.1) is 0 Å². The molecule has 2 unspecified atom stereocenters. The van der Waals surface area contributed by atoms with Crippen molar-refractivity contribution in [3.8, 4) is 0 Å². The summed E-state index contributed by atoms with van der Waals surface area (Å²) in [6.07, 6.45) is 5.47. The van der Waals surface area contributed by atoms with Crippen LogP contribution in [-0.2, 0) is 23.1 Å². The summed E-state index contributed by atoms with van der Waals surface area (Å²) in [6, 6.07) is 1.94. The van der Waals surface area contributed by atoms with E-state index in [4.69, 9.17) is 5.73 Å². The smallest absolute Gasteiger partial charge is 0.245 e. The summed E-state index contributed by atoms with van der Waals surface area (Å²) < 4.78 is 29.6. The minimum Gasteiger partial charge on any atom is -0.349 e. The Kier molecular flexibility index (Phi) is 5.11. The first-order chi connectivity index (χ1) is 9.95. The minimum atomic E-state index is -3.42. The summed E-state index contributed by atoms with van der Waals surface area (Å²) in [5, 5.41) is 0. The highest BCUT2D eigenvalue weighted by molar-refractivity contribution is 7.89. The highest BCUT2D eigenvalue weighted by Crippen LogP contribution is 2.33. The average Bonchev–Trinajstić information content (AvgIpc) is 3.03. The lowest BCUT2D eigenvalue weighted by Gasteiger charge is -2.26. The van der Waals surface area contributed by atoms with Crippen molar-refractivity contribution in [1.82, 2.24) is 8.87 Å². The number of aryl methyl sites for hydroxylation is 1. The molecule has 0 amide bonds. The Morgan fingerprint density at radius 3 is 2.62 bits per heavy atom. The molecule has 0 bridgehead atoms. The average molecular weight is 313 g/mol. The SMILES string of the molecule is CCCn1cc(S(=O)(=O)N2C(C)CCC2CC)cc1CN. The molecule has 2 rings (SSSR count). The topological polar surface area (TPSA) is 68.3 Å². The van der Waals surface area contributed by atoms with Crippen molar-refractivity contribution in [2.75, 3.05) is 0 Å². The van der Waals surface area contributed by atoms with Crippen molar-refractivity contribution in [2.45, 2.75) is 76.5 Å². The lowest BCUT2D eigenvalue weighted by Crippen LogP contribution is -2.39. The summed E-state index contributed by atoms with van der Waals surface area (Å²) in [6.45, 7) is 7.29. The van der Waals surface area contributed by atoms with Crippen LogP contribution in [0.5, 0.6) is 0 Å². The van der Waals surface area contributed by atoms with Gasteiger partial charge in [0.1, 0.15) is 4.90 Å². The van der Waals surface area contributed by atoms with Crippen molar-refractivity contribution in [2.24, 2.45) is 5.73 Å². The summed E-state index contributed by atoms with van der Waals surface area (Å²) in [5.74, 6) is 0. The van der Waals surface area contributed by atoms with Crippen molar-refractivity contribution in [3.63, 3.8) is 0 Å². The van der Waals surface area contributed by atoms with Gasteiger partial charge in [0.25, 0.3) is 0 Å². The van der Waals surface area contributed by atoms with Gasteiger partial charge in [-0.2, -0.15) is 4.31 Å². The van der Waals surface area contributed by atoms with E-state index >= 15 is 0 Å². The van der Waals surface area contributed by atoms with Crippen molar-refractivity contribution >= 4 is 10.0 Å². The van der Waals surface area contributed by atoms with Crippen LogP contribution in [0.4, 0.5) is 0 Å². The molecule has 0 saturated carbocycles. The number of nitrogens with two attached hydrogens (primary N) is 1. The molecule has 1 aromatic rings. The summed E-state index contributed by atoms with van der Waals surface area (Å²) in [7, 11) is -3.42. The zero-order valence-corrected chi connectivity index (χ0v) is 14.1. The number of aromatic nitrogens is 1. The third-order valence-corrected chi connectivity index (χ3v) is 6.43. The number of nitrogens with zero attached hydrogens (tertiary/aromatic N) is 2. The first-order valence-electron chi connectivity index (χ1n) is 7.88. The van der Waals surface area contributed by atoms with Crippen molar-refractivity contribution in [1.29, 1.82) is 0 Å². The second-order valence-electron chi connectivity index (χ2n) is 5.89. The molecule has 2 atom stereocenters. The number of hydrogen-bond acceptors (Lipinski definition) is 3. The first kappa shape index (κ1) is 16.5. The van der Waals surface area contributed by atoms with E-state index < -0.39 is 10.0 Å². The van der Waals surface area contributed by atoms with Gasteiger partial charge in [0.2, 0.25) is 10.0 Å². The normalized spacial score (nSPS) is 23.8. The van der Waals surface area contributed by atoms with Gasteiger partial charge in [-0.05, 0) is 38.7 Å². The predicted octanol–water partition coefficient (Wildman–Crippen LogP) is 2.31. The third-order valence-electron chi connectivity index (χ3n) is 4.39. The zero-order valence-electron chi connectivity index (χ0n) is 13.2. The molecule has 6 heteroatoms. The van der Waals surface area contributed by atoms with Gasteiger partial charge in [0.15, 0.2) is 0 Å². The molecule has 2 heterocycles. The molecule has 0 aromatic carbocycles. The maximum absolute atomic E-state index is 13.0. The lowest BCUT2D eigenvalue weighted by molar-refractivity contribution is 0.328. The lowest BCUT2D eigenvalue weighted by atomic mass is 10.2. The summed E-state index contributed by atoms with van der Waals surface area (Å²) >= 11 is 0. The van der Waals surface area contributed by atoms with Crippen LogP contribution in [-0.4, -0.2) is 29.4 Å². The largest absolute Gasteiger partial charge is 0.349 e. The summed E-state index contributed by atoms with van der Waals surface area (Å²) in [5.41, 5.74) is 6.63. The van der Waals surface area contributed by atoms with Crippen LogP contribution >= 0.6 is 0 Å². The van der Waals surface area contributed by atoms with Gasteiger partial charge in [0, 0.05) is 37.1 Å². The molecular formula is C15H27N3O2S. The summed E-state index contributed by atoms with van der Waals surface area (Å²) in [4.78, 5) is 0.392. The molecule has 1 aliphatic heterocycles. The van der Waals surface area contributed by atoms with E-state index in [1.54, 1.807) is 16.6 Å². The van der Waals surface area contributed by atoms with Gasteiger partial charge < -0.3 is 10.3 Å². The second-order valence-corrected chi connectivity index (χ2v) is 7.73. The Balaban J connectivity index is 2.39. The molecule has 21 heavy (non-hydrogen) atoms. The second kappa shape index (κ2) is 6.50. The van der Waals surface area contributed by atoms with Crippen LogP contribution < -0.4 is 5.73 Å². The molecule has 5 nitrogen and oxygen atoms in total. The van der Waals surface area contributed by atoms with E-state index in [-0.39, 0.29) is 12.1 Å². The van der Waals surface area contributed by atoms with Gasteiger partial charge >= 0.3 is 0 Å². The first-order valence-corrected chi connectivity index (χ1v) is 9.32. The standard InChI is InChI=1S/C15H27N3O2S/c1-4-8-17-11-15(9-14(17)10-16)21(19,20)18-12(3)6-7-13(18)5-2/h9,11-13H,4-8,10,16H2,1-3H3. The molecule has 1 aromatic heterocycles. The van der Waals surface area contributed by atoms with E-state index in [2.05, 4.69) is 13.8 Å². The van der Waals surface area contributed by atoms with Gasteiger partial charge in [-0.3, -0.25) is 0 Å². The van der Waals surface area contributed by atoms with Crippen molar-refractivity contribution < 1.29 is 8.42 Å². The molecule has 1 aliphatic rings. The van der Waals surface area contributed by atoms with Crippen LogP contribution in [0.1, 0.15) is 52.1 Å². The van der Waals surface area contributed by atoms with Gasteiger partial charge in [0.05, 0.1) is 0 Å². The van der Waals surface area contributed by atoms with E-state index in [9.17, 15) is 8.42 Å². The Hall–Kier alpha value is -0.850. The quantitative estimate of drug-likeness (QED) is 0.876. The molecule has 0 aliphatic carbocycles. The molecule has 0 radical (unpaired) electrons. The Morgan fingerprint density at radius 2 is 2.05 bits per heavy atom. The fourth-order valence-electron chi connectivity index (χ4n) is 3.27. The Labute approximate surface area is 128 Å². The molecule has 0 spiro atoms. The highest BCUT2D eigenvalue weighted by atomic mass is 32.2. The molecule has 2 N–H and O–H groups in total. The maximum atomic E-state index is 13.0. The number of rotatable bonds is 6. The maximum Gasteiger partial charge on any atom is 0.245 e. The molecular weight excluding hydrogens is 286 g/mol. The van der Waals surface area contributed by atoms with Gasteiger partial charge in [-0.1, -0.05) is 13.8 Å². The van der Waals surface area contributed by atoms with E-state index in [1.165, 1.54) is 0 Å². The van der Waals surface area contributed by atoms with Crippen LogP contribution in [0.25, 0.3) is 0 Å². The molecule has 1 fully saturated rings. The highest BCUT2D eigenvalue weighted by Gasteiger charge is 2.39. The third kappa shape index (κ3) is 3.03. The van der Waals surface area contributed by atoms with Crippen LogP contribution in [0.3, 0.4) is 0 Å². The molecule has 1 saturated heterocycles. The molecule has 120 valence electrons. The van der Waals surface area contributed by atoms with E-state index in [1.807, 2.05) is 11.5 Å². The fraction of sp³-hybridized carbons (Fsp3) is 0.733. The van der Waals surface area contributed by atoms with E-state index in [0.717, 1.165) is 37.9 Å². The number of hydrogen-bond donors (Lipinski definition) is 1. The minimum absolute atomic E-state index is 0.0794. The van der Waals surface area contributed by atoms with E-state index in [0.29, 0.717) is 11.4 Å². The Morgan fingerprint density at radius 1 is 1.33 bits per heavy atom. The number of sulfonamides is 1.